The van der Waals surface area contributed by atoms with E-state index in [-0.39, 0.29) is 17.1 Å². The van der Waals surface area contributed by atoms with Crippen molar-refractivity contribution in [2.45, 2.75) is 6.54 Å². The van der Waals surface area contributed by atoms with Gasteiger partial charge in [0.1, 0.15) is 5.82 Å². The molecular weight excluding hydrogens is 323 g/mol. The molecule has 2 saturated heterocycles. The lowest BCUT2D eigenvalue weighted by atomic mass is 9.81. The lowest BCUT2D eigenvalue weighted by Crippen LogP contribution is -2.43. The third-order valence-corrected chi connectivity index (χ3v) is 5.29. The Kier molecular flexibility index (Phi) is 4.31. The zero-order valence-corrected chi connectivity index (χ0v) is 13.9. The van der Waals surface area contributed by atoms with Crippen molar-refractivity contribution in [2.24, 2.45) is 11.3 Å². The number of benzene rings is 1. The molecule has 3 heterocycles. The standard InChI is InChI=1S/C19H21FN2O3/c20-16-5-2-1-4-14(16)8-22-9-15-10-24-13-19(15,12-22)11-21-18(23)17-6-3-7-25-17/h1-7,15H,8-13H2,(H,21,23)/t15-,19+/m0/s1. The molecule has 25 heavy (non-hydrogen) atoms. The van der Waals surface area contributed by atoms with Crippen molar-refractivity contribution in [3.8, 4) is 0 Å². The number of amides is 1. The van der Waals surface area contributed by atoms with Crippen molar-refractivity contribution in [2.75, 3.05) is 32.8 Å². The minimum Gasteiger partial charge on any atom is -0.459 e. The quantitative estimate of drug-likeness (QED) is 0.904. The van der Waals surface area contributed by atoms with Gasteiger partial charge in [0.05, 0.1) is 19.5 Å². The molecule has 0 unspecified atom stereocenters. The van der Waals surface area contributed by atoms with Gasteiger partial charge < -0.3 is 14.5 Å². The van der Waals surface area contributed by atoms with Gasteiger partial charge in [0, 0.05) is 43.1 Å². The fraction of sp³-hybridized carbons (Fsp3) is 0.421. The van der Waals surface area contributed by atoms with Crippen LogP contribution in [-0.2, 0) is 11.3 Å². The fourth-order valence-corrected chi connectivity index (χ4v) is 3.93. The maximum absolute atomic E-state index is 13.9. The number of rotatable bonds is 5. The highest BCUT2D eigenvalue weighted by atomic mass is 19.1. The van der Waals surface area contributed by atoms with Gasteiger partial charge in [-0.1, -0.05) is 18.2 Å². The van der Waals surface area contributed by atoms with E-state index in [1.807, 2.05) is 12.1 Å². The van der Waals surface area contributed by atoms with Gasteiger partial charge in [0.15, 0.2) is 5.76 Å². The topological polar surface area (TPSA) is 54.7 Å². The van der Waals surface area contributed by atoms with Crippen LogP contribution in [0.3, 0.4) is 0 Å². The normalized spacial score (nSPS) is 25.9. The molecule has 0 saturated carbocycles. The van der Waals surface area contributed by atoms with Crippen molar-refractivity contribution >= 4 is 5.91 Å². The minimum atomic E-state index is -0.211. The number of fused-ring (bicyclic) bond motifs is 1. The first-order chi connectivity index (χ1) is 12.2. The summed E-state index contributed by atoms with van der Waals surface area (Å²) in [6, 6.07) is 10.2. The molecule has 2 aromatic rings. The predicted molar refractivity (Wildman–Crippen MR) is 89.5 cm³/mol. The molecular formula is C19H21FN2O3. The molecule has 5 nitrogen and oxygen atoms in total. The Balaban J connectivity index is 1.42. The zero-order chi connectivity index (χ0) is 17.3. The first kappa shape index (κ1) is 16.3. The van der Waals surface area contributed by atoms with Crippen molar-refractivity contribution < 1.29 is 18.3 Å². The molecule has 4 rings (SSSR count). The molecule has 2 fully saturated rings. The summed E-state index contributed by atoms with van der Waals surface area (Å²) >= 11 is 0. The summed E-state index contributed by atoms with van der Waals surface area (Å²) in [7, 11) is 0. The monoisotopic (exact) mass is 344 g/mol. The van der Waals surface area contributed by atoms with E-state index in [0.29, 0.717) is 43.5 Å². The Morgan fingerprint density at radius 2 is 2.20 bits per heavy atom. The molecule has 0 aliphatic carbocycles. The van der Waals surface area contributed by atoms with Crippen LogP contribution in [0, 0.1) is 17.2 Å². The molecule has 1 aromatic heterocycles. The molecule has 2 aliphatic rings. The Bertz CT molecular complexity index is 749. The summed E-state index contributed by atoms with van der Waals surface area (Å²) in [5, 5.41) is 2.97. The van der Waals surface area contributed by atoms with E-state index >= 15 is 0 Å². The summed E-state index contributed by atoms with van der Waals surface area (Å²) in [4.78, 5) is 14.4. The van der Waals surface area contributed by atoms with Gasteiger partial charge in [0.25, 0.3) is 5.91 Å². The van der Waals surface area contributed by atoms with Crippen molar-refractivity contribution in [3.63, 3.8) is 0 Å². The summed E-state index contributed by atoms with van der Waals surface area (Å²) < 4.78 is 24.7. The van der Waals surface area contributed by atoms with Crippen LogP contribution in [0.5, 0.6) is 0 Å². The molecule has 0 radical (unpaired) electrons. The molecule has 1 amide bonds. The van der Waals surface area contributed by atoms with E-state index < -0.39 is 0 Å². The van der Waals surface area contributed by atoms with Crippen LogP contribution in [0.4, 0.5) is 4.39 Å². The SMILES string of the molecule is O=C(NC[C@@]12COC[C@@H]1CN(Cc1ccccc1F)C2)c1ccco1. The molecule has 0 spiro atoms. The van der Waals surface area contributed by atoms with Crippen LogP contribution in [-0.4, -0.2) is 43.7 Å². The highest BCUT2D eigenvalue weighted by Crippen LogP contribution is 2.41. The number of hydrogen-bond acceptors (Lipinski definition) is 4. The Hall–Kier alpha value is -2.18. The maximum atomic E-state index is 13.9. The van der Waals surface area contributed by atoms with E-state index in [4.69, 9.17) is 9.15 Å². The second-order valence-electron chi connectivity index (χ2n) is 7.00. The number of carbonyl (C=O) groups excluding carboxylic acids is 1. The van der Waals surface area contributed by atoms with Gasteiger partial charge in [0.2, 0.25) is 0 Å². The van der Waals surface area contributed by atoms with E-state index in [1.54, 1.807) is 18.2 Å². The third kappa shape index (κ3) is 3.19. The maximum Gasteiger partial charge on any atom is 0.286 e. The van der Waals surface area contributed by atoms with E-state index in [9.17, 15) is 9.18 Å². The number of nitrogens with zero attached hydrogens (tertiary/aromatic N) is 1. The van der Waals surface area contributed by atoms with Crippen LogP contribution in [0.15, 0.2) is 47.1 Å². The average Bonchev–Trinajstić information content (AvgIpc) is 3.30. The minimum absolute atomic E-state index is 0.118. The molecule has 2 atom stereocenters. The van der Waals surface area contributed by atoms with Gasteiger partial charge in [-0.3, -0.25) is 9.69 Å². The summed E-state index contributed by atoms with van der Waals surface area (Å²) in [6.45, 7) is 4.05. The predicted octanol–water partition coefficient (Wildman–Crippen LogP) is 2.30. The van der Waals surface area contributed by atoms with Crippen molar-refractivity contribution in [1.29, 1.82) is 0 Å². The van der Waals surface area contributed by atoms with Gasteiger partial charge in [-0.2, -0.15) is 0 Å². The largest absolute Gasteiger partial charge is 0.459 e. The molecule has 2 aliphatic heterocycles. The second-order valence-corrected chi connectivity index (χ2v) is 7.00. The van der Waals surface area contributed by atoms with Crippen molar-refractivity contribution in [1.82, 2.24) is 10.2 Å². The first-order valence-electron chi connectivity index (χ1n) is 8.51. The molecule has 132 valence electrons. The van der Waals surface area contributed by atoms with Crippen LogP contribution < -0.4 is 5.32 Å². The molecule has 0 bridgehead atoms. The van der Waals surface area contributed by atoms with Crippen LogP contribution in [0.25, 0.3) is 0 Å². The van der Waals surface area contributed by atoms with Gasteiger partial charge in [-0.25, -0.2) is 4.39 Å². The smallest absolute Gasteiger partial charge is 0.286 e. The Morgan fingerprint density at radius 3 is 3.00 bits per heavy atom. The molecule has 6 heteroatoms. The van der Waals surface area contributed by atoms with Crippen LogP contribution in [0.2, 0.25) is 0 Å². The van der Waals surface area contributed by atoms with Gasteiger partial charge in [-0.05, 0) is 18.2 Å². The Morgan fingerprint density at radius 1 is 1.32 bits per heavy atom. The highest BCUT2D eigenvalue weighted by molar-refractivity contribution is 5.91. The molecule has 1 N–H and O–H groups in total. The number of hydrogen-bond donors (Lipinski definition) is 1. The van der Waals surface area contributed by atoms with Crippen LogP contribution >= 0.6 is 0 Å². The lowest BCUT2D eigenvalue weighted by Gasteiger charge is -2.27. The third-order valence-electron chi connectivity index (χ3n) is 5.29. The number of nitrogens with one attached hydrogen (secondary N) is 1. The summed E-state index contributed by atoms with van der Waals surface area (Å²) in [5.74, 6) is 0.276. The lowest BCUT2D eigenvalue weighted by molar-refractivity contribution is 0.0877. The first-order valence-corrected chi connectivity index (χ1v) is 8.51. The highest BCUT2D eigenvalue weighted by Gasteiger charge is 2.50. The van der Waals surface area contributed by atoms with Crippen LogP contribution in [0.1, 0.15) is 16.1 Å². The number of halogens is 1. The van der Waals surface area contributed by atoms with Crippen molar-refractivity contribution in [3.05, 3.63) is 59.8 Å². The van der Waals surface area contributed by atoms with E-state index in [2.05, 4.69) is 10.2 Å². The number of carbonyl (C=O) groups is 1. The number of furan rings is 1. The number of ether oxygens (including phenoxy) is 1. The van der Waals surface area contributed by atoms with E-state index in [1.165, 1.54) is 12.3 Å². The second kappa shape index (κ2) is 6.61. The zero-order valence-electron chi connectivity index (χ0n) is 13.9. The Labute approximate surface area is 145 Å². The van der Waals surface area contributed by atoms with E-state index in [0.717, 1.165) is 13.1 Å². The molecule has 1 aromatic carbocycles. The summed E-state index contributed by atoms with van der Waals surface area (Å²) in [5.41, 5.74) is 0.589. The summed E-state index contributed by atoms with van der Waals surface area (Å²) in [6.07, 6.45) is 1.49. The number of likely N-dealkylation sites (tertiary alicyclic amines) is 1. The fourth-order valence-electron chi connectivity index (χ4n) is 3.93. The van der Waals surface area contributed by atoms with Gasteiger partial charge >= 0.3 is 0 Å². The van der Waals surface area contributed by atoms with Gasteiger partial charge in [-0.15, -0.1) is 0 Å². The average molecular weight is 344 g/mol.